The van der Waals surface area contributed by atoms with Gasteiger partial charge in [0.1, 0.15) is 17.9 Å². The van der Waals surface area contributed by atoms with Gasteiger partial charge in [-0.05, 0) is 36.4 Å². The molecule has 1 aliphatic carbocycles. The first-order valence-corrected chi connectivity index (χ1v) is 15.2. The van der Waals surface area contributed by atoms with E-state index < -0.39 is 0 Å². The molecule has 0 aromatic heterocycles. The first kappa shape index (κ1) is 28.3. The number of carbonyl (C=O) groups is 1. The fraction of sp³-hybridized carbons (Fsp3) is 0.562. The molecule has 0 unspecified atom stereocenters. The van der Waals surface area contributed by atoms with Crippen LogP contribution >= 0.6 is 11.6 Å². The highest BCUT2D eigenvalue weighted by Crippen LogP contribution is 2.55. The Labute approximate surface area is 248 Å². The summed E-state index contributed by atoms with van der Waals surface area (Å²) in [5.74, 6) is 0.561. The summed E-state index contributed by atoms with van der Waals surface area (Å²) in [5, 5.41) is 16.3. The van der Waals surface area contributed by atoms with Crippen molar-refractivity contribution in [2.75, 3.05) is 57.3 Å². The maximum absolute atomic E-state index is 13.3. The topological polar surface area (TPSA) is 83.9 Å². The van der Waals surface area contributed by atoms with Crippen LogP contribution in [0.5, 0.6) is 5.75 Å². The second-order valence-corrected chi connectivity index (χ2v) is 13.7. The predicted molar refractivity (Wildman–Crippen MR) is 162 cm³/mol. The van der Waals surface area contributed by atoms with Crippen molar-refractivity contribution in [1.82, 2.24) is 20.4 Å². The van der Waals surface area contributed by atoms with E-state index in [0.29, 0.717) is 27.9 Å². The summed E-state index contributed by atoms with van der Waals surface area (Å²) in [6, 6.07) is 16.5. The number of nitrogens with zero attached hydrogens (tertiary/aromatic N) is 4. The molecule has 6 rings (SSSR count). The highest BCUT2D eigenvalue weighted by atomic mass is 35.5. The Hall–Kier alpha value is -2.83. The molecule has 0 bridgehead atoms. The highest BCUT2D eigenvalue weighted by molar-refractivity contribution is 6.31. The van der Waals surface area contributed by atoms with Gasteiger partial charge in [0.05, 0.1) is 10.6 Å². The predicted octanol–water partition coefficient (Wildman–Crippen LogP) is 3.60. The number of carbonyl (C=O) groups excluding carboxylic acids is 1. The number of nitrogens with one attached hydrogen (secondary N) is 2. The van der Waals surface area contributed by atoms with E-state index in [2.05, 4.69) is 71.2 Å². The molecular formula is C32H41ClN6O2. The molecule has 0 atom stereocenters. The van der Waals surface area contributed by atoms with Crippen molar-refractivity contribution >= 4 is 23.2 Å². The number of rotatable bonds is 7. The zero-order chi connectivity index (χ0) is 28.9. The largest absolute Gasteiger partial charge is 0.489 e. The second-order valence-electron chi connectivity index (χ2n) is 13.3. The molecule has 1 amide bonds. The van der Waals surface area contributed by atoms with Crippen molar-refractivity contribution in [2.45, 2.75) is 51.9 Å². The number of hydrogen-bond acceptors (Lipinski definition) is 7. The van der Waals surface area contributed by atoms with Gasteiger partial charge in [-0.2, -0.15) is 5.26 Å². The van der Waals surface area contributed by atoms with Gasteiger partial charge in [0, 0.05) is 98.6 Å². The normalized spacial score (nSPS) is 26.3. The molecule has 4 aliphatic rings. The Morgan fingerprint density at radius 3 is 2.22 bits per heavy atom. The number of amides is 1. The second kappa shape index (κ2) is 10.8. The van der Waals surface area contributed by atoms with Crippen LogP contribution in [-0.2, 0) is 0 Å². The fourth-order valence-corrected chi connectivity index (χ4v) is 7.81. The van der Waals surface area contributed by atoms with Gasteiger partial charge in [0.15, 0.2) is 0 Å². The van der Waals surface area contributed by atoms with Gasteiger partial charge in [0.2, 0.25) is 0 Å². The average Bonchev–Trinajstić information content (AvgIpc) is 2.91. The van der Waals surface area contributed by atoms with Crippen LogP contribution in [-0.4, -0.2) is 92.3 Å². The zero-order valence-electron chi connectivity index (χ0n) is 24.5. The summed E-state index contributed by atoms with van der Waals surface area (Å²) in [5.41, 5.74) is 1.67. The summed E-state index contributed by atoms with van der Waals surface area (Å²) < 4.78 is 6.35. The van der Waals surface area contributed by atoms with Gasteiger partial charge < -0.3 is 20.3 Å². The molecule has 41 heavy (non-hydrogen) atoms. The van der Waals surface area contributed by atoms with Gasteiger partial charge in [-0.3, -0.25) is 14.6 Å². The number of halogens is 1. The van der Waals surface area contributed by atoms with E-state index in [1.807, 2.05) is 12.1 Å². The maximum Gasteiger partial charge on any atom is 0.251 e. The summed E-state index contributed by atoms with van der Waals surface area (Å²) in [4.78, 5) is 21.0. The van der Waals surface area contributed by atoms with Crippen LogP contribution < -0.4 is 20.3 Å². The van der Waals surface area contributed by atoms with E-state index in [9.17, 15) is 4.79 Å². The Kier molecular flexibility index (Phi) is 7.44. The molecule has 218 valence electrons. The Bertz CT molecular complexity index is 1300. The van der Waals surface area contributed by atoms with Crippen LogP contribution in [0.3, 0.4) is 0 Å². The molecular weight excluding hydrogens is 536 g/mol. The number of nitriles is 1. The lowest BCUT2D eigenvalue weighted by Crippen LogP contribution is -2.74. The molecule has 0 spiro atoms. The van der Waals surface area contributed by atoms with Crippen molar-refractivity contribution in [1.29, 1.82) is 5.26 Å². The Balaban J connectivity index is 1.00. The zero-order valence-corrected chi connectivity index (χ0v) is 25.2. The minimum absolute atomic E-state index is 0.0661. The smallest absolute Gasteiger partial charge is 0.251 e. The third-order valence-electron chi connectivity index (χ3n) is 9.86. The molecule has 8 nitrogen and oxygen atoms in total. The minimum Gasteiger partial charge on any atom is -0.489 e. The SMILES string of the molecule is CC1(C)C(NC(=O)c2ccc(N3CC(N4CC(N5CCNCC5)C4)C3)cc2)C(C)(C)C1Oc1ccc(C#N)c(Cl)c1. The maximum atomic E-state index is 13.3. The minimum atomic E-state index is -0.299. The molecule has 3 aliphatic heterocycles. The van der Waals surface area contributed by atoms with E-state index in [0.717, 1.165) is 32.2 Å². The van der Waals surface area contributed by atoms with Crippen molar-refractivity contribution in [3.63, 3.8) is 0 Å². The molecule has 3 saturated heterocycles. The Morgan fingerprint density at radius 1 is 0.976 bits per heavy atom. The van der Waals surface area contributed by atoms with Crippen LogP contribution in [0.15, 0.2) is 42.5 Å². The van der Waals surface area contributed by atoms with Gasteiger partial charge in [-0.1, -0.05) is 39.3 Å². The number of hydrogen-bond donors (Lipinski definition) is 2. The first-order valence-electron chi connectivity index (χ1n) is 14.8. The number of piperazine rings is 1. The number of anilines is 1. The first-order chi connectivity index (χ1) is 19.6. The fourth-order valence-electron chi connectivity index (χ4n) is 7.60. The van der Waals surface area contributed by atoms with Gasteiger partial charge in [-0.25, -0.2) is 0 Å². The molecule has 3 heterocycles. The van der Waals surface area contributed by atoms with E-state index in [-0.39, 0.29) is 28.9 Å². The summed E-state index contributed by atoms with van der Waals surface area (Å²) in [6.07, 6.45) is -0.135. The van der Waals surface area contributed by atoms with Crippen molar-refractivity contribution < 1.29 is 9.53 Å². The van der Waals surface area contributed by atoms with Crippen LogP contribution in [0.25, 0.3) is 0 Å². The summed E-state index contributed by atoms with van der Waals surface area (Å²) >= 11 is 6.22. The lowest BCUT2D eigenvalue weighted by molar-refractivity contribution is -0.164. The molecule has 2 N–H and O–H groups in total. The third kappa shape index (κ3) is 5.18. The summed E-state index contributed by atoms with van der Waals surface area (Å²) in [6.45, 7) is 17.5. The summed E-state index contributed by atoms with van der Waals surface area (Å²) in [7, 11) is 0. The molecule has 2 aromatic rings. The third-order valence-corrected chi connectivity index (χ3v) is 10.2. The van der Waals surface area contributed by atoms with Crippen LogP contribution in [0.2, 0.25) is 5.02 Å². The molecule has 0 radical (unpaired) electrons. The molecule has 2 aromatic carbocycles. The van der Waals surface area contributed by atoms with Crippen molar-refractivity contribution in [3.05, 3.63) is 58.6 Å². The standard InChI is InChI=1S/C32H41ClN6O2/c1-31(2)29(32(3,4)30(31)41-26-10-7-22(16-34)27(33)15-26)36-28(40)21-5-8-23(9-6-21)38-19-25(20-38)39-17-24(18-39)37-13-11-35-12-14-37/h5-10,15,24-25,29-30,35H,11-14,17-20H2,1-4H3,(H,36,40). The van der Waals surface area contributed by atoms with Crippen LogP contribution in [0.1, 0.15) is 43.6 Å². The number of likely N-dealkylation sites (tertiary alicyclic amines) is 1. The number of benzene rings is 2. The monoisotopic (exact) mass is 576 g/mol. The molecule has 4 fully saturated rings. The van der Waals surface area contributed by atoms with Crippen molar-refractivity contribution in [3.8, 4) is 11.8 Å². The average molecular weight is 577 g/mol. The lowest BCUT2D eigenvalue weighted by Gasteiger charge is -2.63. The van der Waals surface area contributed by atoms with Gasteiger partial charge in [-0.15, -0.1) is 0 Å². The van der Waals surface area contributed by atoms with E-state index in [1.165, 1.54) is 31.9 Å². The van der Waals surface area contributed by atoms with Gasteiger partial charge >= 0.3 is 0 Å². The van der Waals surface area contributed by atoms with E-state index >= 15 is 0 Å². The number of ether oxygens (including phenoxy) is 1. The highest BCUT2D eigenvalue weighted by Gasteiger charge is 2.64. The van der Waals surface area contributed by atoms with E-state index in [1.54, 1.807) is 18.2 Å². The van der Waals surface area contributed by atoms with Crippen molar-refractivity contribution in [2.24, 2.45) is 10.8 Å². The lowest BCUT2D eigenvalue weighted by atomic mass is 9.49. The van der Waals surface area contributed by atoms with Gasteiger partial charge in [0.25, 0.3) is 5.91 Å². The van der Waals surface area contributed by atoms with Crippen LogP contribution in [0, 0.1) is 22.2 Å². The van der Waals surface area contributed by atoms with E-state index in [4.69, 9.17) is 21.6 Å². The van der Waals surface area contributed by atoms with Crippen LogP contribution in [0.4, 0.5) is 5.69 Å². The quantitative estimate of drug-likeness (QED) is 0.521. The Morgan fingerprint density at radius 2 is 1.61 bits per heavy atom. The molecule has 9 heteroatoms. The molecule has 1 saturated carbocycles.